The van der Waals surface area contributed by atoms with Gasteiger partial charge >= 0.3 is 0 Å². The summed E-state index contributed by atoms with van der Waals surface area (Å²) in [6.07, 6.45) is 8.77. The average Bonchev–Trinajstić information content (AvgIpc) is 2.35. The highest BCUT2D eigenvalue weighted by Crippen LogP contribution is 2.32. The monoisotopic (exact) mass is 296 g/mol. The SMILES string of the molecule is Cc1cc([N+](=O)[O-])c(Cl)cc1NC1CCCCCCC1. The molecule has 1 aromatic rings. The van der Waals surface area contributed by atoms with Gasteiger partial charge in [0.25, 0.3) is 5.69 Å². The van der Waals surface area contributed by atoms with E-state index in [1.807, 2.05) is 6.92 Å². The van der Waals surface area contributed by atoms with Crippen LogP contribution in [0, 0.1) is 17.0 Å². The Morgan fingerprint density at radius 3 is 2.40 bits per heavy atom. The minimum Gasteiger partial charge on any atom is -0.382 e. The summed E-state index contributed by atoms with van der Waals surface area (Å²) in [5, 5.41) is 14.6. The molecule has 0 unspecified atom stereocenters. The van der Waals surface area contributed by atoms with E-state index in [4.69, 9.17) is 11.6 Å². The molecule has 20 heavy (non-hydrogen) atoms. The molecule has 0 heterocycles. The molecule has 1 fully saturated rings. The van der Waals surface area contributed by atoms with E-state index >= 15 is 0 Å². The predicted molar refractivity (Wildman–Crippen MR) is 82.6 cm³/mol. The molecule has 1 aliphatic carbocycles. The van der Waals surface area contributed by atoms with E-state index in [-0.39, 0.29) is 10.7 Å². The molecule has 1 aromatic carbocycles. The summed E-state index contributed by atoms with van der Waals surface area (Å²) in [6.45, 7) is 1.88. The van der Waals surface area contributed by atoms with Gasteiger partial charge in [-0.2, -0.15) is 0 Å². The molecular formula is C15H21ClN2O2. The summed E-state index contributed by atoms with van der Waals surface area (Å²) in [5.74, 6) is 0. The van der Waals surface area contributed by atoms with Crippen molar-refractivity contribution in [3.8, 4) is 0 Å². The second-order valence-electron chi connectivity index (χ2n) is 5.56. The molecule has 0 atom stereocenters. The summed E-state index contributed by atoms with van der Waals surface area (Å²) in [5.41, 5.74) is 1.78. The van der Waals surface area contributed by atoms with Gasteiger partial charge in [-0.25, -0.2) is 0 Å². The van der Waals surface area contributed by atoms with Gasteiger partial charge in [0.15, 0.2) is 0 Å². The number of anilines is 1. The van der Waals surface area contributed by atoms with Crippen molar-refractivity contribution >= 4 is 23.0 Å². The minimum absolute atomic E-state index is 0.0209. The molecule has 0 amide bonds. The molecule has 1 saturated carbocycles. The Balaban J connectivity index is 2.12. The van der Waals surface area contributed by atoms with Crippen LogP contribution in [-0.2, 0) is 0 Å². The fraction of sp³-hybridized carbons (Fsp3) is 0.600. The van der Waals surface area contributed by atoms with Crippen molar-refractivity contribution in [3.05, 3.63) is 32.8 Å². The van der Waals surface area contributed by atoms with Crippen LogP contribution in [0.5, 0.6) is 0 Å². The molecule has 0 bridgehead atoms. The number of nitrogens with zero attached hydrogens (tertiary/aromatic N) is 1. The van der Waals surface area contributed by atoms with Crippen LogP contribution in [0.4, 0.5) is 11.4 Å². The van der Waals surface area contributed by atoms with Crippen molar-refractivity contribution in [2.24, 2.45) is 0 Å². The zero-order chi connectivity index (χ0) is 14.5. The summed E-state index contributed by atoms with van der Waals surface area (Å²) in [4.78, 5) is 10.4. The number of rotatable bonds is 3. The maximum Gasteiger partial charge on any atom is 0.288 e. The smallest absolute Gasteiger partial charge is 0.288 e. The van der Waals surface area contributed by atoms with Gasteiger partial charge < -0.3 is 5.32 Å². The first kappa shape index (κ1) is 15.1. The maximum atomic E-state index is 10.9. The van der Waals surface area contributed by atoms with Crippen molar-refractivity contribution in [2.45, 2.75) is 57.9 Å². The summed E-state index contributed by atoms with van der Waals surface area (Å²) in [7, 11) is 0. The Labute approximate surface area is 124 Å². The van der Waals surface area contributed by atoms with Crippen molar-refractivity contribution in [2.75, 3.05) is 5.32 Å². The van der Waals surface area contributed by atoms with Gasteiger partial charge in [0.2, 0.25) is 0 Å². The molecule has 4 nitrogen and oxygen atoms in total. The van der Waals surface area contributed by atoms with E-state index in [9.17, 15) is 10.1 Å². The maximum absolute atomic E-state index is 10.9. The first-order valence-electron chi connectivity index (χ1n) is 7.29. The number of halogens is 1. The number of nitro benzene ring substituents is 1. The van der Waals surface area contributed by atoms with E-state index < -0.39 is 4.92 Å². The van der Waals surface area contributed by atoms with Gasteiger partial charge in [-0.15, -0.1) is 0 Å². The minimum atomic E-state index is -0.436. The average molecular weight is 297 g/mol. The Morgan fingerprint density at radius 2 is 1.80 bits per heavy atom. The highest BCUT2D eigenvalue weighted by atomic mass is 35.5. The normalized spacial score (nSPS) is 17.3. The first-order chi connectivity index (χ1) is 9.58. The second-order valence-corrected chi connectivity index (χ2v) is 5.97. The van der Waals surface area contributed by atoms with Crippen molar-refractivity contribution in [1.29, 1.82) is 0 Å². The van der Waals surface area contributed by atoms with Gasteiger partial charge in [0, 0.05) is 17.8 Å². The molecule has 0 saturated heterocycles. The highest BCUT2D eigenvalue weighted by molar-refractivity contribution is 6.33. The predicted octanol–water partition coefficient (Wildman–Crippen LogP) is 5.08. The standard InChI is InChI=1S/C15H21ClN2O2/c1-11-9-15(18(19)20)13(16)10-14(11)17-12-7-5-3-2-4-6-8-12/h9-10,12,17H,2-8H2,1H3. The van der Waals surface area contributed by atoms with Gasteiger partial charge in [-0.1, -0.05) is 43.7 Å². The third kappa shape index (κ3) is 3.85. The highest BCUT2D eigenvalue weighted by Gasteiger charge is 2.17. The van der Waals surface area contributed by atoms with Crippen molar-refractivity contribution in [1.82, 2.24) is 0 Å². The van der Waals surface area contributed by atoms with E-state index in [2.05, 4.69) is 5.32 Å². The van der Waals surface area contributed by atoms with Crippen LogP contribution in [0.1, 0.15) is 50.5 Å². The summed E-state index contributed by atoms with van der Waals surface area (Å²) in [6, 6.07) is 3.69. The van der Waals surface area contributed by atoms with Gasteiger partial charge in [0.05, 0.1) is 4.92 Å². The number of benzene rings is 1. The van der Waals surface area contributed by atoms with Crippen LogP contribution in [0.2, 0.25) is 5.02 Å². The lowest BCUT2D eigenvalue weighted by atomic mass is 9.96. The van der Waals surface area contributed by atoms with Gasteiger partial charge in [-0.05, 0) is 31.4 Å². The fourth-order valence-corrected chi connectivity index (χ4v) is 3.01. The lowest BCUT2D eigenvalue weighted by Crippen LogP contribution is -2.21. The Morgan fingerprint density at radius 1 is 1.20 bits per heavy atom. The summed E-state index contributed by atoms with van der Waals surface area (Å²) >= 11 is 5.99. The van der Waals surface area contributed by atoms with Crippen molar-refractivity contribution < 1.29 is 4.92 Å². The number of hydrogen-bond donors (Lipinski definition) is 1. The molecule has 5 heteroatoms. The van der Waals surface area contributed by atoms with Crippen LogP contribution >= 0.6 is 11.6 Å². The van der Waals surface area contributed by atoms with Gasteiger partial charge in [-0.3, -0.25) is 10.1 Å². The topological polar surface area (TPSA) is 55.2 Å². The quantitative estimate of drug-likeness (QED) is 0.625. The van der Waals surface area contributed by atoms with E-state index in [1.165, 1.54) is 32.1 Å². The molecule has 1 N–H and O–H groups in total. The Kier molecular flexibility index (Phi) is 5.24. The molecule has 0 spiro atoms. The molecule has 0 aromatic heterocycles. The molecule has 2 rings (SSSR count). The Hall–Kier alpha value is -1.29. The lowest BCUT2D eigenvalue weighted by Gasteiger charge is -2.23. The molecule has 0 radical (unpaired) electrons. The fourth-order valence-electron chi connectivity index (χ4n) is 2.78. The van der Waals surface area contributed by atoms with Gasteiger partial charge in [0.1, 0.15) is 5.02 Å². The first-order valence-corrected chi connectivity index (χ1v) is 7.67. The molecular weight excluding hydrogens is 276 g/mol. The number of hydrogen-bond acceptors (Lipinski definition) is 3. The Bertz CT molecular complexity index is 483. The largest absolute Gasteiger partial charge is 0.382 e. The van der Waals surface area contributed by atoms with Crippen LogP contribution < -0.4 is 5.32 Å². The zero-order valence-corrected chi connectivity index (χ0v) is 12.6. The number of aryl methyl sites for hydroxylation is 1. The van der Waals surface area contributed by atoms with Crippen LogP contribution in [0.3, 0.4) is 0 Å². The van der Waals surface area contributed by atoms with Crippen LogP contribution in [0.15, 0.2) is 12.1 Å². The number of nitro groups is 1. The van der Waals surface area contributed by atoms with Crippen LogP contribution in [-0.4, -0.2) is 11.0 Å². The molecule has 0 aliphatic heterocycles. The zero-order valence-electron chi connectivity index (χ0n) is 11.8. The van der Waals surface area contributed by atoms with E-state index in [1.54, 1.807) is 12.1 Å². The molecule has 1 aliphatic rings. The van der Waals surface area contributed by atoms with E-state index in [0.29, 0.717) is 6.04 Å². The molecule has 110 valence electrons. The van der Waals surface area contributed by atoms with E-state index in [0.717, 1.165) is 24.1 Å². The number of nitrogens with one attached hydrogen (secondary N) is 1. The van der Waals surface area contributed by atoms with Crippen LogP contribution in [0.25, 0.3) is 0 Å². The lowest BCUT2D eigenvalue weighted by molar-refractivity contribution is -0.384. The third-order valence-electron chi connectivity index (χ3n) is 3.96. The van der Waals surface area contributed by atoms with Crippen molar-refractivity contribution in [3.63, 3.8) is 0 Å². The summed E-state index contributed by atoms with van der Waals surface area (Å²) < 4.78 is 0. The second kappa shape index (κ2) is 6.93. The third-order valence-corrected chi connectivity index (χ3v) is 4.26.